The fraction of sp³-hybridized carbons (Fsp3) is 0.182. The average molecular weight is 277 g/mol. The van der Waals surface area contributed by atoms with Crippen molar-refractivity contribution >= 4 is 11.6 Å². The molecule has 0 spiro atoms. The molecule has 0 aliphatic rings. The lowest BCUT2D eigenvalue weighted by atomic mass is 10.0. The van der Waals surface area contributed by atoms with E-state index in [2.05, 4.69) is 9.97 Å². The highest BCUT2D eigenvalue weighted by Crippen LogP contribution is 2.38. The molecular weight excluding hydrogens is 269 g/mol. The summed E-state index contributed by atoms with van der Waals surface area (Å²) in [6.45, 7) is 0. The van der Waals surface area contributed by atoms with E-state index in [9.17, 15) is 18.3 Å². The van der Waals surface area contributed by atoms with E-state index in [0.29, 0.717) is 0 Å². The number of hydrogen-bond acceptors (Lipinski definition) is 2. The first-order valence-corrected chi connectivity index (χ1v) is 5.32. The Morgan fingerprint density at radius 1 is 1.33 bits per heavy atom. The van der Waals surface area contributed by atoms with Gasteiger partial charge in [0, 0.05) is 18.0 Å². The van der Waals surface area contributed by atoms with Crippen molar-refractivity contribution in [1.82, 2.24) is 9.97 Å². The van der Waals surface area contributed by atoms with Gasteiger partial charge in [-0.2, -0.15) is 13.2 Å². The number of hydrogen-bond donors (Lipinski definition) is 2. The molecule has 0 saturated carbocycles. The van der Waals surface area contributed by atoms with Gasteiger partial charge in [0.15, 0.2) is 0 Å². The van der Waals surface area contributed by atoms with Gasteiger partial charge in [0.25, 0.3) is 0 Å². The van der Waals surface area contributed by atoms with Crippen LogP contribution in [-0.4, -0.2) is 15.1 Å². The topological polar surface area (TPSA) is 48.9 Å². The largest absolute Gasteiger partial charge is 0.417 e. The Morgan fingerprint density at radius 2 is 2.06 bits per heavy atom. The fourth-order valence-electron chi connectivity index (χ4n) is 1.55. The molecule has 2 rings (SSSR count). The third-order valence-electron chi connectivity index (χ3n) is 2.41. The highest BCUT2D eigenvalue weighted by molar-refractivity contribution is 6.32. The average Bonchev–Trinajstić information content (AvgIpc) is 2.80. The second-order valence-corrected chi connectivity index (χ2v) is 3.96. The molecule has 0 aliphatic heterocycles. The first-order chi connectivity index (χ1) is 8.41. The summed E-state index contributed by atoms with van der Waals surface area (Å²) in [5.41, 5.74) is -1.02. The van der Waals surface area contributed by atoms with Crippen LogP contribution in [0.3, 0.4) is 0 Å². The minimum atomic E-state index is -4.56. The summed E-state index contributed by atoms with van der Waals surface area (Å²) in [6.07, 6.45) is -3.04. The highest BCUT2D eigenvalue weighted by Gasteiger charge is 2.34. The predicted molar refractivity (Wildman–Crippen MR) is 59.1 cm³/mol. The van der Waals surface area contributed by atoms with Gasteiger partial charge in [0.1, 0.15) is 11.9 Å². The van der Waals surface area contributed by atoms with Crippen LogP contribution in [-0.2, 0) is 6.18 Å². The van der Waals surface area contributed by atoms with Gasteiger partial charge in [0.2, 0.25) is 0 Å². The number of alkyl halides is 3. The molecule has 0 bridgehead atoms. The zero-order valence-corrected chi connectivity index (χ0v) is 9.63. The van der Waals surface area contributed by atoms with Crippen LogP contribution in [0, 0.1) is 0 Å². The SMILES string of the molecule is OC(c1ncc[nH]1)c1cccc(C(F)(F)F)c1Cl. The van der Waals surface area contributed by atoms with Crippen molar-refractivity contribution in [2.75, 3.05) is 0 Å². The van der Waals surface area contributed by atoms with Crippen LogP contribution in [0.4, 0.5) is 13.2 Å². The van der Waals surface area contributed by atoms with E-state index in [1.54, 1.807) is 0 Å². The number of imidazole rings is 1. The Morgan fingerprint density at radius 3 is 2.61 bits per heavy atom. The van der Waals surface area contributed by atoms with E-state index in [-0.39, 0.29) is 11.4 Å². The van der Waals surface area contributed by atoms with E-state index < -0.39 is 22.9 Å². The van der Waals surface area contributed by atoms with Gasteiger partial charge in [-0.15, -0.1) is 0 Å². The summed E-state index contributed by atoms with van der Waals surface area (Å²) >= 11 is 5.68. The van der Waals surface area contributed by atoms with E-state index in [0.717, 1.165) is 6.07 Å². The molecule has 1 heterocycles. The van der Waals surface area contributed by atoms with Crippen LogP contribution < -0.4 is 0 Å². The van der Waals surface area contributed by atoms with Crippen molar-refractivity contribution in [3.05, 3.63) is 52.6 Å². The molecule has 1 aromatic heterocycles. The summed E-state index contributed by atoms with van der Waals surface area (Å²) in [6, 6.07) is 3.38. The molecular formula is C11H8ClF3N2O. The van der Waals surface area contributed by atoms with Crippen molar-refractivity contribution in [3.63, 3.8) is 0 Å². The molecule has 1 aromatic carbocycles. The lowest BCUT2D eigenvalue weighted by molar-refractivity contribution is -0.137. The molecule has 96 valence electrons. The molecule has 0 radical (unpaired) electrons. The first kappa shape index (κ1) is 12.9. The van der Waals surface area contributed by atoms with Crippen LogP contribution in [0.5, 0.6) is 0 Å². The van der Waals surface area contributed by atoms with Crippen molar-refractivity contribution in [2.24, 2.45) is 0 Å². The molecule has 2 N–H and O–H groups in total. The number of nitrogens with one attached hydrogen (secondary N) is 1. The Labute approximate surface area is 105 Å². The molecule has 3 nitrogen and oxygen atoms in total. The van der Waals surface area contributed by atoms with Crippen LogP contribution in [0.1, 0.15) is 23.1 Å². The fourth-order valence-corrected chi connectivity index (χ4v) is 1.89. The number of halogens is 4. The molecule has 18 heavy (non-hydrogen) atoms. The van der Waals surface area contributed by atoms with Gasteiger partial charge in [0.05, 0.1) is 10.6 Å². The van der Waals surface area contributed by atoms with Gasteiger partial charge in [-0.25, -0.2) is 4.98 Å². The van der Waals surface area contributed by atoms with Crippen LogP contribution >= 0.6 is 11.6 Å². The maximum Gasteiger partial charge on any atom is 0.417 e. The number of aromatic amines is 1. The number of benzene rings is 1. The van der Waals surface area contributed by atoms with Crippen LogP contribution in [0.25, 0.3) is 0 Å². The monoisotopic (exact) mass is 276 g/mol. The maximum absolute atomic E-state index is 12.6. The maximum atomic E-state index is 12.6. The Hall–Kier alpha value is -1.53. The Kier molecular flexibility index (Phi) is 3.32. The van der Waals surface area contributed by atoms with Gasteiger partial charge in [-0.05, 0) is 6.07 Å². The molecule has 1 unspecified atom stereocenters. The minimum Gasteiger partial charge on any atom is -0.380 e. The van der Waals surface area contributed by atoms with Gasteiger partial charge >= 0.3 is 6.18 Å². The Balaban J connectivity index is 2.47. The normalized spacial score (nSPS) is 13.6. The van der Waals surface area contributed by atoms with Crippen molar-refractivity contribution in [1.29, 1.82) is 0 Å². The van der Waals surface area contributed by atoms with Gasteiger partial charge in [-0.3, -0.25) is 0 Å². The number of aromatic nitrogens is 2. The molecule has 7 heteroatoms. The number of H-pyrrole nitrogens is 1. The first-order valence-electron chi connectivity index (χ1n) is 4.94. The Bertz CT molecular complexity index is 540. The van der Waals surface area contributed by atoms with E-state index in [4.69, 9.17) is 11.6 Å². The number of rotatable bonds is 2. The smallest absolute Gasteiger partial charge is 0.380 e. The third kappa shape index (κ3) is 2.34. The molecule has 0 aliphatic carbocycles. The molecule has 0 amide bonds. The highest BCUT2D eigenvalue weighted by atomic mass is 35.5. The second kappa shape index (κ2) is 4.62. The summed E-state index contributed by atoms with van der Waals surface area (Å²) in [7, 11) is 0. The lowest BCUT2D eigenvalue weighted by Gasteiger charge is -2.15. The number of aliphatic hydroxyl groups is 1. The van der Waals surface area contributed by atoms with Crippen molar-refractivity contribution in [3.8, 4) is 0 Å². The van der Waals surface area contributed by atoms with Crippen molar-refractivity contribution < 1.29 is 18.3 Å². The standard InChI is InChI=1S/C11H8ClF3N2O/c12-8-6(9(18)10-16-4-5-17-10)2-1-3-7(8)11(13,14)15/h1-5,9,18H,(H,16,17). The summed E-state index contributed by atoms with van der Waals surface area (Å²) < 4.78 is 37.9. The predicted octanol–water partition coefficient (Wildman–Crippen LogP) is 3.16. The summed E-state index contributed by atoms with van der Waals surface area (Å²) in [5.74, 6) is 0.135. The number of aliphatic hydroxyl groups excluding tert-OH is 1. The molecule has 0 fully saturated rings. The molecule has 2 aromatic rings. The quantitative estimate of drug-likeness (QED) is 0.885. The number of nitrogens with zero attached hydrogens (tertiary/aromatic N) is 1. The third-order valence-corrected chi connectivity index (χ3v) is 2.83. The summed E-state index contributed by atoms with van der Waals surface area (Å²) in [5, 5.41) is 9.39. The van der Waals surface area contributed by atoms with Crippen LogP contribution in [0.15, 0.2) is 30.6 Å². The van der Waals surface area contributed by atoms with E-state index in [1.165, 1.54) is 24.5 Å². The summed E-state index contributed by atoms with van der Waals surface area (Å²) in [4.78, 5) is 6.40. The lowest BCUT2D eigenvalue weighted by Crippen LogP contribution is -2.10. The van der Waals surface area contributed by atoms with E-state index in [1.807, 2.05) is 0 Å². The van der Waals surface area contributed by atoms with Crippen LogP contribution in [0.2, 0.25) is 5.02 Å². The molecule has 1 atom stereocenters. The molecule has 0 saturated heterocycles. The zero-order chi connectivity index (χ0) is 13.3. The van der Waals surface area contributed by atoms with Gasteiger partial charge in [-0.1, -0.05) is 23.7 Å². The van der Waals surface area contributed by atoms with Gasteiger partial charge < -0.3 is 10.1 Å². The minimum absolute atomic E-state index is 0.0403. The zero-order valence-electron chi connectivity index (χ0n) is 8.87. The second-order valence-electron chi connectivity index (χ2n) is 3.58. The van der Waals surface area contributed by atoms with Crippen molar-refractivity contribution in [2.45, 2.75) is 12.3 Å². The van der Waals surface area contributed by atoms with E-state index >= 15 is 0 Å².